The van der Waals surface area contributed by atoms with Crippen LogP contribution in [0.4, 0.5) is 0 Å². The van der Waals surface area contributed by atoms with Crippen LogP contribution in [-0.4, -0.2) is 56.2 Å². The van der Waals surface area contributed by atoms with Gasteiger partial charge in [0.25, 0.3) is 0 Å². The Morgan fingerprint density at radius 2 is 2.21 bits per heavy atom. The second-order valence-electron chi connectivity index (χ2n) is 8.21. The van der Waals surface area contributed by atoms with E-state index in [0.717, 1.165) is 28.6 Å². The van der Waals surface area contributed by atoms with Gasteiger partial charge >= 0.3 is 5.97 Å². The van der Waals surface area contributed by atoms with Gasteiger partial charge in [-0.25, -0.2) is 9.78 Å². The Kier molecular flexibility index (Phi) is 5.13. The summed E-state index contributed by atoms with van der Waals surface area (Å²) in [4.78, 5) is 31.3. The minimum atomic E-state index is -1.12. The smallest absolute Gasteiger partial charge is 0.353 e. The van der Waals surface area contributed by atoms with Gasteiger partial charge < -0.3 is 15.5 Å². The van der Waals surface area contributed by atoms with Crippen molar-refractivity contribution in [1.82, 2.24) is 15.2 Å². The summed E-state index contributed by atoms with van der Waals surface area (Å²) >= 11 is 2.81. The number of thiazole rings is 1. The van der Waals surface area contributed by atoms with Crippen LogP contribution in [0.3, 0.4) is 0 Å². The van der Waals surface area contributed by atoms with Crippen LogP contribution in [0.2, 0.25) is 0 Å². The number of thioether (sulfide) groups is 1. The number of nitrogens with zero attached hydrogens (tertiary/aromatic N) is 2. The summed E-state index contributed by atoms with van der Waals surface area (Å²) in [6.45, 7) is 8.29. The number of carbonyl (C=O) groups excluding carboxylic acids is 1. The summed E-state index contributed by atoms with van der Waals surface area (Å²) in [5.74, 6) is -2.25. The Labute approximate surface area is 177 Å². The fourth-order valence-corrected chi connectivity index (χ4v) is 6.82. The average Bonchev–Trinajstić information content (AvgIpc) is 3.18. The molecule has 5 atom stereocenters. The summed E-state index contributed by atoms with van der Waals surface area (Å²) in [5, 5.41) is 25.3. The van der Waals surface area contributed by atoms with Gasteiger partial charge in [0.15, 0.2) is 4.34 Å². The van der Waals surface area contributed by atoms with Crippen molar-refractivity contribution in [3.8, 4) is 0 Å². The first-order valence-electron chi connectivity index (χ1n) is 9.72. The molecule has 7 nitrogen and oxygen atoms in total. The standard InChI is InChI=1S/C20H25N3O4S2/c1-9-5-6-12(7-21-9)13-8-28-19(22-13)29-16-10(2)20(4)14(11(3)24)17(25)23(20)15(16)18(26)27/h6,8-11,14,21,24H,5,7H2,1-4H3,(H,26,27)/t9-,10+,11-,14+,20-/m1/s1. The number of β-lactam (4-membered cyclic amide) rings is 1. The predicted octanol–water partition coefficient (Wildman–Crippen LogP) is 2.54. The van der Waals surface area contributed by atoms with Crippen LogP contribution in [0.1, 0.15) is 39.8 Å². The molecule has 0 saturated carbocycles. The highest BCUT2D eigenvalue weighted by atomic mass is 32.2. The number of aliphatic carboxylic acids is 1. The molecule has 0 bridgehead atoms. The van der Waals surface area contributed by atoms with E-state index in [1.807, 2.05) is 19.2 Å². The highest BCUT2D eigenvalue weighted by molar-refractivity contribution is 8.04. The Morgan fingerprint density at radius 1 is 1.48 bits per heavy atom. The molecule has 3 aliphatic rings. The predicted molar refractivity (Wildman–Crippen MR) is 112 cm³/mol. The van der Waals surface area contributed by atoms with Crippen molar-refractivity contribution in [1.29, 1.82) is 0 Å². The molecule has 1 saturated heterocycles. The average molecular weight is 436 g/mol. The number of nitrogens with one attached hydrogen (secondary N) is 1. The van der Waals surface area contributed by atoms with E-state index in [4.69, 9.17) is 4.98 Å². The SMILES string of the molecule is C[C@@H]1CC=C(c2csc(SC3=C(C(=O)O)N4C(=O)[C@H]([C@@H](C)O)[C@@]4(C)[C@H]3C)n2)CN1. The van der Waals surface area contributed by atoms with Crippen molar-refractivity contribution in [2.45, 2.75) is 56.1 Å². The Morgan fingerprint density at radius 3 is 2.79 bits per heavy atom. The van der Waals surface area contributed by atoms with Crippen LogP contribution in [0.25, 0.3) is 5.57 Å². The number of fused-ring (bicyclic) bond motifs is 1. The summed E-state index contributed by atoms with van der Waals surface area (Å²) < 4.78 is 0.757. The molecule has 3 aliphatic heterocycles. The highest BCUT2D eigenvalue weighted by Gasteiger charge is 2.68. The third kappa shape index (κ3) is 3.06. The number of carbonyl (C=O) groups is 2. The Bertz CT molecular complexity index is 938. The van der Waals surface area contributed by atoms with E-state index in [0.29, 0.717) is 10.9 Å². The van der Waals surface area contributed by atoms with E-state index < -0.39 is 23.5 Å². The van der Waals surface area contributed by atoms with Crippen molar-refractivity contribution in [3.63, 3.8) is 0 Å². The van der Waals surface area contributed by atoms with Gasteiger partial charge in [0.05, 0.1) is 23.3 Å². The zero-order valence-corrected chi connectivity index (χ0v) is 18.4. The Balaban J connectivity index is 1.63. The zero-order chi connectivity index (χ0) is 21.1. The van der Waals surface area contributed by atoms with Gasteiger partial charge in [-0.2, -0.15) is 0 Å². The number of amides is 1. The fraction of sp³-hybridized carbons (Fsp3) is 0.550. The summed E-state index contributed by atoms with van der Waals surface area (Å²) in [6.07, 6.45) is 2.32. The van der Waals surface area contributed by atoms with Crippen LogP contribution in [0.15, 0.2) is 26.4 Å². The van der Waals surface area contributed by atoms with Gasteiger partial charge in [0.1, 0.15) is 5.70 Å². The number of hydrogen-bond acceptors (Lipinski definition) is 7. The van der Waals surface area contributed by atoms with Crippen molar-refractivity contribution < 1.29 is 19.8 Å². The lowest BCUT2D eigenvalue weighted by Gasteiger charge is -2.55. The van der Waals surface area contributed by atoms with Crippen molar-refractivity contribution in [3.05, 3.63) is 27.8 Å². The zero-order valence-electron chi connectivity index (χ0n) is 16.8. The van der Waals surface area contributed by atoms with E-state index in [2.05, 4.69) is 18.3 Å². The first-order chi connectivity index (χ1) is 13.7. The van der Waals surface area contributed by atoms with E-state index in [-0.39, 0.29) is 17.5 Å². The van der Waals surface area contributed by atoms with Crippen molar-refractivity contribution >= 4 is 40.5 Å². The van der Waals surface area contributed by atoms with Gasteiger partial charge in [-0.15, -0.1) is 11.3 Å². The highest BCUT2D eigenvalue weighted by Crippen LogP contribution is 2.58. The maximum Gasteiger partial charge on any atom is 0.353 e. The summed E-state index contributed by atoms with van der Waals surface area (Å²) in [5.41, 5.74) is 1.36. The molecule has 4 rings (SSSR count). The lowest BCUT2D eigenvalue weighted by atomic mass is 9.67. The van der Waals surface area contributed by atoms with Gasteiger partial charge in [0, 0.05) is 28.8 Å². The largest absolute Gasteiger partial charge is 0.477 e. The van der Waals surface area contributed by atoms with E-state index in [1.54, 1.807) is 6.92 Å². The van der Waals surface area contributed by atoms with Crippen molar-refractivity contribution in [2.24, 2.45) is 11.8 Å². The molecule has 4 heterocycles. The molecular formula is C20H25N3O4S2. The normalized spacial score (nSPS) is 32.7. The van der Waals surface area contributed by atoms with Gasteiger partial charge in [-0.1, -0.05) is 24.8 Å². The van der Waals surface area contributed by atoms with Gasteiger partial charge in [0.2, 0.25) is 5.91 Å². The third-order valence-corrected chi connectivity index (χ3v) is 8.58. The van der Waals surface area contributed by atoms with Gasteiger partial charge in [-0.05, 0) is 32.8 Å². The maximum absolute atomic E-state index is 12.6. The molecule has 9 heteroatoms. The lowest BCUT2D eigenvalue weighted by molar-refractivity contribution is -0.177. The second-order valence-corrected chi connectivity index (χ2v) is 10.4. The van der Waals surface area contributed by atoms with E-state index in [1.165, 1.54) is 28.0 Å². The number of aliphatic hydroxyl groups excluding tert-OH is 1. The van der Waals surface area contributed by atoms with Crippen LogP contribution >= 0.6 is 23.1 Å². The number of aromatic nitrogens is 1. The Hall–Kier alpha value is -1.68. The lowest BCUT2D eigenvalue weighted by Crippen LogP contribution is -2.71. The number of aliphatic hydroxyl groups is 1. The topological polar surface area (TPSA) is 103 Å². The molecular weight excluding hydrogens is 410 g/mol. The first-order valence-corrected chi connectivity index (χ1v) is 11.4. The molecule has 0 spiro atoms. The third-order valence-electron chi connectivity index (χ3n) is 6.38. The quantitative estimate of drug-likeness (QED) is 0.611. The molecule has 1 amide bonds. The minimum Gasteiger partial charge on any atom is -0.477 e. The maximum atomic E-state index is 12.6. The van der Waals surface area contributed by atoms with Crippen LogP contribution in [0, 0.1) is 11.8 Å². The molecule has 0 radical (unpaired) electrons. The van der Waals surface area contributed by atoms with Crippen LogP contribution < -0.4 is 5.32 Å². The molecule has 1 aromatic rings. The molecule has 1 aromatic heterocycles. The van der Waals surface area contributed by atoms with Gasteiger partial charge in [-0.3, -0.25) is 9.69 Å². The molecule has 156 valence electrons. The monoisotopic (exact) mass is 435 g/mol. The molecule has 29 heavy (non-hydrogen) atoms. The number of rotatable bonds is 5. The first kappa shape index (κ1) is 20.6. The minimum absolute atomic E-state index is 0.0241. The number of carboxylic acids is 1. The number of hydrogen-bond donors (Lipinski definition) is 3. The van der Waals surface area contributed by atoms with Crippen molar-refractivity contribution in [2.75, 3.05) is 6.54 Å². The second kappa shape index (κ2) is 7.23. The molecule has 3 N–H and O–H groups in total. The summed E-state index contributed by atoms with van der Waals surface area (Å²) in [7, 11) is 0. The number of carboxylic acid groups (broad SMARTS) is 1. The van der Waals surface area contributed by atoms with Crippen LogP contribution in [-0.2, 0) is 9.59 Å². The van der Waals surface area contributed by atoms with E-state index in [9.17, 15) is 19.8 Å². The fourth-order valence-electron chi connectivity index (χ4n) is 4.63. The van der Waals surface area contributed by atoms with Crippen LogP contribution in [0.5, 0.6) is 0 Å². The van der Waals surface area contributed by atoms with E-state index >= 15 is 0 Å². The molecule has 0 unspecified atom stereocenters. The molecule has 1 fully saturated rings. The summed E-state index contributed by atoms with van der Waals surface area (Å²) in [6, 6.07) is 0.457. The molecule has 0 aromatic carbocycles. The molecule has 0 aliphatic carbocycles.